The number of nitrogen functional groups attached to an aromatic ring is 1. The Kier molecular flexibility index (Phi) is 8.38. The van der Waals surface area contributed by atoms with Gasteiger partial charge in [0.1, 0.15) is 23.9 Å². The standard InChI is InChI=1S/C18H20N8O5S5/c1-3-4-32-16-22-17(36-25-16)34-7-18(14(29)30)5-26-12(28)9(13(26)33-6-18)20-11(27)8(23-31-2)10-21-15(19)35-24-10/h3,9,13H,1,4-7H2,2H3,(H,20,27)(H,29,30)(H2,19,21,24)/t9?,13-,18?/m1/s1. The van der Waals surface area contributed by atoms with E-state index in [1.807, 2.05) is 0 Å². The van der Waals surface area contributed by atoms with Gasteiger partial charge in [-0.1, -0.05) is 34.8 Å². The van der Waals surface area contributed by atoms with E-state index in [-0.39, 0.29) is 40.6 Å². The number of rotatable bonds is 11. The summed E-state index contributed by atoms with van der Waals surface area (Å²) in [5.41, 5.74) is 4.21. The fourth-order valence-electron chi connectivity index (χ4n) is 3.37. The maximum Gasteiger partial charge on any atom is 0.313 e. The molecule has 4 heterocycles. The van der Waals surface area contributed by atoms with Crippen LogP contribution >= 0.6 is 58.4 Å². The number of amides is 2. The molecule has 2 aliphatic heterocycles. The maximum atomic E-state index is 12.9. The molecule has 3 atom stereocenters. The molecule has 0 spiro atoms. The maximum absolute atomic E-state index is 12.9. The average Bonchev–Trinajstić information content (AvgIpc) is 3.51. The first-order valence-corrected chi connectivity index (χ1v) is 14.7. The third-order valence-corrected chi connectivity index (χ3v) is 10.3. The van der Waals surface area contributed by atoms with E-state index in [0.717, 1.165) is 11.5 Å². The van der Waals surface area contributed by atoms with Gasteiger partial charge in [-0.3, -0.25) is 14.4 Å². The zero-order chi connectivity index (χ0) is 25.9. The van der Waals surface area contributed by atoms with Crippen molar-refractivity contribution in [3.8, 4) is 0 Å². The first-order chi connectivity index (χ1) is 17.3. The quantitative estimate of drug-likeness (QED) is 0.110. The Bertz CT molecular complexity index is 1200. The summed E-state index contributed by atoms with van der Waals surface area (Å²) >= 11 is 6.16. The van der Waals surface area contributed by atoms with Crippen molar-refractivity contribution in [1.82, 2.24) is 28.9 Å². The van der Waals surface area contributed by atoms with Gasteiger partial charge < -0.3 is 25.9 Å². The number of carbonyl (C=O) groups is 3. The summed E-state index contributed by atoms with van der Waals surface area (Å²) in [6.07, 6.45) is 1.75. The van der Waals surface area contributed by atoms with Gasteiger partial charge in [-0.25, -0.2) is 4.98 Å². The number of fused-ring (bicyclic) bond motifs is 1. The van der Waals surface area contributed by atoms with Crippen LogP contribution in [0.5, 0.6) is 0 Å². The second-order valence-electron chi connectivity index (χ2n) is 7.51. The van der Waals surface area contributed by atoms with Crippen LogP contribution in [0.25, 0.3) is 0 Å². The van der Waals surface area contributed by atoms with E-state index < -0.39 is 28.7 Å². The highest BCUT2D eigenvalue weighted by atomic mass is 32.2. The Morgan fingerprint density at radius 1 is 1.39 bits per heavy atom. The number of nitrogens with two attached hydrogens (primary N) is 1. The van der Waals surface area contributed by atoms with Gasteiger partial charge in [-0.05, 0) is 11.5 Å². The van der Waals surface area contributed by atoms with Crippen LogP contribution in [-0.2, 0) is 19.2 Å². The SMILES string of the molecule is C=CCSc1nsc(SCC2(C(=O)O)CS[C@@H]3C(NC(=O)C(=NOC)c4nsc(N)n4)C(=O)N3C2)n1. The van der Waals surface area contributed by atoms with Crippen molar-refractivity contribution < 1.29 is 24.3 Å². The topological polar surface area (TPSA) is 186 Å². The Morgan fingerprint density at radius 3 is 2.86 bits per heavy atom. The number of carboxylic acid groups (broad SMARTS) is 1. The van der Waals surface area contributed by atoms with E-state index in [4.69, 9.17) is 10.6 Å². The molecule has 192 valence electrons. The molecule has 4 rings (SSSR count). The molecule has 13 nitrogen and oxygen atoms in total. The molecule has 2 aliphatic rings. The molecular formula is C18H20N8O5S5. The molecule has 0 aromatic carbocycles. The molecular weight excluding hydrogens is 569 g/mol. The highest BCUT2D eigenvalue weighted by Crippen LogP contribution is 2.44. The number of nitrogens with zero attached hydrogens (tertiary/aromatic N) is 6. The van der Waals surface area contributed by atoms with Crippen LogP contribution in [0, 0.1) is 5.41 Å². The van der Waals surface area contributed by atoms with Gasteiger partial charge in [0.15, 0.2) is 9.47 Å². The Balaban J connectivity index is 1.39. The fourth-order valence-corrected chi connectivity index (χ4v) is 8.03. The predicted molar refractivity (Wildman–Crippen MR) is 139 cm³/mol. The summed E-state index contributed by atoms with van der Waals surface area (Å²) in [6, 6.07) is -0.840. The number of β-lactam (4-membered cyclic amide) rings is 1. The number of aromatic nitrogens is 4. The van der Waals surface area contributed by atoms with Gasteiger partial charge in [0.05, 0.1) is 0 Å². The van der Waals surface area contributed by atoms with Crippen LogP contribution in [0.1, 0.15) is 5.82 Å². The molecule has 36 heavy (non-hydrogen) atoms. The van der Waals surface area contributed by atoms with Crippen LogP contribution < -0.4 is 11.1 Å². The molecule has 0 bridgehead atoms. The molecule has 2 unspecified atom stereocenters. The van der Waals surface area contributed by atoms with Crippen molar-refractivity contribution >= 4 is 87.0 Å². The first-order valence-electron chi connectivity index (χ1n) is 10.1. The Labute approximate surface area is 226 Å². The Morgan fingerprint density at radius 2 is 2.19 bits per heavy atom. The lowest BCUT2D eigenvalue weighted by Crippen LogP contribution is -2.74. The number of carboxylic acids is 1. The van der Waals surface area contributed by atoms with Gasteiger partial charge >= 0.3 is 5.97 Å². The van der Waals surface area contributed by atoms with Crippen molar-refractivity contribution in [1.29, 1.82) is 0 Å². The highest BCUT2D eigenvalue weighted by molar-refractivity contribution is 8.02. The number of anilines is 1. The van der Waals surface area contributed by atoms with E-state index in [9.17, 15) is 19.5 Å². The van der Waals surface area contributed by atoms with Crippen molar-refractivity contribution in [2.45, 2.75) is 20.9 Å². The smallest absolute Gasteiger partial charge is 0.313 e. The second kappa shape index (κ2) is 11.3. The minimum Gasteiger partial charge on any atom is -0.481 e. The summed E-state index contributed by atoms with van der Waals surface area (Å²) in [4.78, 5) is 52.5. The number of carbonyl (C=O) groups excluding carboxylic acids is 2. The fraction of sp³-hybridized carbons (Fsp3) is 0.444. The lowest BCUT2D eigenvalue weighted by molar-refractivity contribution is -0.157. The zero-order valence-corrected chi connectivity index (χ0v) is 22.7. The van der Waals surface area contributed by atoms with Gasteiger partial charge in [-0.15, -0.1) is 18.3 Å². The van der Waals surface area contributed by atoms with Crippen LogP contribution in [-0.4, -0.2) is 94.5 Å². The minimum atomic E-state index is -1.17. The summed E-state index contributed by atoms with van der Waals surface area (Å²) in [5, 5.41) is 16.7. The van der Waals surface area contributed by atoms with E-state index in [1.54, 1.807) is 6.08 Å². The lowest BCUT2D eigenvalue weighted by atomic mass is 9.89. The van der Waals surface area contributed by atoms with Crippen molar-refractivity contribution in [2.75, 3.05) is 36.6 Å². The molecule has 2 aromatic rings. The highest BCUT2D eigenvalue weighted by Gasteiger charge is 2.57. The van der Waals surface area contributed by atoms with Crippen molar-refractivity contribution in [3.63, 3.8) is 0 Å². The average molecular weight is 589 g/mol. The summed E-state index contributed by atoms with van der Waals surface area (Å²) in [7, 11) is 1.27. The van der Waals surface area contributed by atoms with Crippen LogP contribution in [0.3, 0.4) is 0 Å². The molecule has 0 radical (unpaired) electrons. The van der Waals surface area contributed by atoms with Gasteiger partial charge in [0.2, 0.25) is 22.6 Å². The monoisotopic (exact) mass is 588 g/mol. The number of thioether (sulfide) groups is 3. The van der Waals surface area contributed by atoms with E-state index in [0.29, 0.717) is 15.2 Å². The van der Waals surface area contributed by atoms with Crippen molar-refractivity contribution in [2.24, 2.45) is 10.6 Å². The predicted octanol–water partition coefficient (Wildman–Crippen LogP) is 0.864. The normalized spacial score (nSPS) is 23.5. The molecule has 2 saturated heterocycles. The molecule has 0 saturated carbocycles. The second-order valence-corrected chi connectivity index (χ2v) is 12.4. The van der Waals surface area contributed by atoms with Crippen molar-refractivity contribution in [3.05, 3.63) is 18.5 Å². The van der Waals surface area contributed by atoms with Crippen LogP contribution in [0.15, 0.2) is 27.3 Å². The zero-order valence-electron chi connectivity index (χ0n) is 18.6. The molecule has 0 aliphatic carbocycles. The van der Waals surface area contributed by atoms with E-state index in [1.165, 1.54) is 58.8 Å². The molecule has 18 heteroatoms. The van der Waals surface area contributed by atoms with Gasteiger partial charge in [0, 0.05) is 35.3 Å². The molecule has 2 aromatic heterocycles. The number of hydrogen-bond acceptors (Lipinski definition) is 15. The summed E-state index contributed by atoms with van der Waals surface area (Å²) in [6.45, 7) is 3.69. The molecule has 2 fully saturated rings. The Hall–Kier alpha value is -2.41. The van der Waals surface area contributed by atoms with Gasteiger partial charge in [-0.2, -0.15) is 13.7 Å². The number of hydrogen-bond donors (Lipinski definition) is 3. The van der Waals surface area contributed by atoms with E-state index >= 15 is 0 Å². The molecule has 4 N–H and O–H groups in total. The third-order valence-electron chi connectivity index (χ3n) is 5.13. The van der Waals surface area contributed by atoms with Gasteiger partial charge in [0.25, 0.3) is 5.91 Å². The van der Waals surface area contributed by atoms with Crippen LogP contribution in [0.4, 0.5) is 5.13 Å². The molecule has 2 amide bonds. The number of aliphatic carboxylic acids is 1. The first kappa shape index (κ1) is 26.6. The number of oxime groups is 1. The summed E-state index contributed by atoms with van der Waals surface area (Å²) < 4.78 is 8.88. The van der Waals surface area contributed by atoms with E-state index in [2.05, 4.69) is 35.8 Å². The minimum absolute atomic E-state index is 0.0126. The lowest BCUT2D eigenvalue weighted by Gasteiger charge is -2.53. The third kappa shape index (κ3) is 5.46. The number of nitrogens with one attached hydrogen (secondary N) is 1. The largest absolute Gasteiger partial charge is 0.481 e. The van der Waals surface area contributed by atoms with Crippen LogP contribution in [0.2, 0.25) is 0 Å². The summed E-state index contributed by atoms with van der Waals surface area (Å²) in [5.74, 6) is -0.908.